The third kappa shape index (κ3) is 5.44. The highest BCUT2D eigenvalue weighted by molar-refractivity contribution is 6.00. The molecule has 166 valence electrons. The second-order valence-electron chi connectivity index (χ2n) is 7.24. The van der Waals surface area contributed by atoms with Gasteiger partial charge in [-0.1, -0.05) is 0 Å². The minimum atomic E-state index is -4.54. The Morgan fingerprint density at radius 3 is 2.65 bits per heavy atom. The van der Waals surface area contributed by atoms with Crippen LogP contribution in [-0.2, 0) is 15.8 Å². The Bertz CT molecular complexity index is 965. The number of ether oxygens (including phenoxy) is 1. The van der Waals surface area contributed by atoms with E-state index in [-0.39, 0.29) is 24.2 Å². The number of piperidine rings is 1. The lowest BCUT2D eigenvalue weighted by Crippen LogP contribution is -2.42. The van der Waals surface area contributed by atoms with Gasteiger partial charge in [0.15, 0.2) is 0 Å². The summed E-state index contributed by atoms with van der Waals surface area (Å²) in [4.78, 5) is 29.8. The lowest BCUT2D eigenvalue weighted by molar-refractivity contribution is -0.137. The van der Waals surface area contributed by atoms with Gasteiger partial charge < -0.3 is 20.3 Å². The molecular weight excluding hydrogens is 413 g/mol. The van der Waals surface area contributed by atoms with Crippen LogP contribution in [0.1, 0.15) is 25.3 Å². The van der Waals surface area contributed by atoms with Gasteiger partial charge in [-0.05, 0) is 37.1 Å². The van der Waals surface area contributed by atoms with Crippen molar-refractivity contribution in [3.8, 4) is 5.75 Å². The molecular formula is C21H23F3N4O3. The number of alkyl halides is 3. The summed E-state index contributed by atoms with van der Waals surface area (Å²) in [5.74, 6) is -0.896. The van der Waals surface area contributed by atoms with Gasteiger partial charge in [0.1, 0.15) is 11.6 Å². The Morgan fingerprint density at radius 2 is 1.97 bits per heavy atom. The molecule has 1 saturated heterocycles. The van der Waals surface area contributed by atoms with E-state index < -0.39 is 17.7 Å². The van der Waals surface area contributed by atoms with E-state index in [0.717, 1.165) is 6.07 Å². The number of amides is 2. The molecule has 1 unspecified atom stereocenters. The molecule has 1 aromatic carbocycles. The van der Waals surface area contributed by atoms with Crippen molar-refractivity contribution in [2.45, 2.75) is 25.9 Å². The minimum Gasteiger partial charge on any atom is -0.497 e. The highest BCUT2D eigenvalue weighted by Crippen LogP contribution is 2.36. The summed E-state index contributed by atoms with van der Waals surface area (Å²) < 4.78 is 45.3. The number of rotatable bonds is 5. The van der Waals surface area contributed by atoms with Gasteiger partial charge >= 0.3 is 6.18 Å². The van der Waals surface area contributed by atoms with Crippen molar-refractivity contribution in [1.29, 1.82) is 0 Å². The van der Waals surface area contributed by atoms with Gasteiger partial charge in [-0.25, -0.2) is 4.98 Å². The van der Waals surface area contributed by atoms with E-state index in [1.165, 1.54) is 31.2 Å². The van der Waals surface area contributed by atoms with Crippen LogP contribution in [0.2, 0.25) is 0 Å². The second kappa shape index (κ2) is 9.23. The first-order valence-corrected chi connectivity index (χ1v) is 9.72. The van der Waals surface area contributed by atoms with Gasteiger partial charge in [0, 0.05) is 32.3 Å². The zero-order valence-electron chi connectivity index (χ0n) is 17.1. The first-order chi connectivity index (χ1) is 14.7. The zero-order valence-corrected chi connectivity index (χ0v) is 17.1. The summed E-state index contributed by atoms with van der Waals surface area (Å²) in [6.07, 6.45) is -2.16. The van der Waals surface area contributed by atoms with E-state index in [1.807, 2.05) is 0 Å². The quantitative estimate of drug-likeness (QED) is 0.742. The Labute approximate surface area is 177 Å². The normalized spacial score (nSPS) is 16.5. The van der Waals surface area contributed by atoms with Gasteiger partial charge in [0.25, 0.3) is 0 Å². The number of nitrogens with one attached hydrogen (secondary N) is 2. The molecule has 2 aromatic rings. The molecule has 31 heavy (non-hydrogen) atoms. The van der Waals surface area contributed by atoms with E-state index in [2.05, 4.69) is 15.6 Å². The minimum absolute atomic E-state index is 0.103. The monoisotopic (exact) mass is 436 g/mol. The zero-order chi connectivity index (χ0) is 22.6. The topological polar surface area (TPSA) is 83.6 Å². The molecule has 10 heteroatoms. The molecule has 2 N–H and O–H groups in total. The molecule has 0 bridgehead atoms. The van der Waals surface area contributed by atoms with Gasteiger partial charge in [-0.3, -0.25) is 9.59 Å². The first kappa shape index (κ1) is 22.4. The summed E-state index contributed by atoms with van der Waals surface area (Å²) in [6.45, 7) is 1.82. The summed E-state index contributed by atoms with van der Waals surface area (Å²) in [5.41, 5.74) is -0.0688. The molecule has 0 spiro atoms. The number of hydrogen-bond acceptors (Lipinski definition) is 5. The molecule has 1 fully saturated rings. The number of aromatic nitrogens is 1. The van der Waals surface area contributed by atoms with Crippen molar-refractivity contribution in [1.82, 2.24) is 4.98 Å². The Kier molecular flexibility index (Phi) is 6.67. The number of anilines is 3. The first-order valence-electron chi connectivity index (χ1n) is 9.72. The molecule has 2 amide bonds. The average Bonchev–Trinajstić information content (AvgIpc) is 2.74. The molecule has 0 saturated carbocycles. The van der Waals surface area contributed by atoms with Crippen molar-refractivity contribution in [2.75, 3.05) is 35.7 Å². The van der Waals surface area contributed by atoms with E-state index in [9.17, 15) is 22.8 Å². The Balaban J connectivity index is 1.79. The largest absolute Gasteiger partial charge is 0.497 e. The predicted octanol–water partition coefficient (Wildman–Crippen LogP) is 3.92. The fraction of sp³-hybridized carbons (Fsp3) is 0.381. The number of carbonyl (C=O) groups excluding carboxylic acids is 2. The molecule has 1 aliphatic rings. The Hall–Kier alpha value is -3.30. The number of methoxy groups -OCH3 is 1. The highest BCUT2D eigenvalue weighted by atomic mass is 19.4. The van der Waals surface area contributed by atoms with Gasteiger partial charge in [-0.15, -0.1) is 0 Å². The number of halogens is 3. The number of pyridine rings is 1. The van der Waals surface area contributed by atoms with Crippen LogP contribution in [0.25, 0.3) is 0 Å². The Morgan fingerprint density at radius 1 is 1.19 bits per heavy atom. The van der Waals surface area contributed by atoms with Crippen LogP contribution in [0.4, 0.5) is 30.4 Å². The van der Waals surface area contributed by atoms with Crippen molar-refractivity contribution < 1.29 is 27.5 Å². The van der Waals surface area contributed by atoms with Crippen molar-refractivity contribution in [2.24, 2.45) is 5.92 Å². The third-order valence-corrected chi connectivity index (χ3v) is 4.98. The molecule has 3 rings (SSSR count). The molecule has 7 nitrogen and oxygen atoms in total. The van der Waals surface area contributed by atoms with Gasteiger partial charge in [0.05, 0.1) is 30.0 Å². The number of hydrogen-bond donors (Lipinski definition) is 2. The van der Waals surface area contributed by atoms with Crippen LogP contribution in [0.5, 0.6) is 5.75 Å². The van der Waals surface area contributed by atoms with Crippen LogP contribution in [0.15, 0.2) is 36.5 Å². The fourth-order valence-corrected chi connectivity index (χ4v) is 3.54. The lowest BCUT2D eigenvalue weighted by atomic mass is 9.96. The standard InChI is InChI=1S/C21H23F3N4O3/c1-13(29)26-17-8-7-15(31-2)11-18(17)27-20(30)14-5-4-10-28(12-14)19-16(21(22,23)24)6-3-9-25-19/h3,6-9,11,14H,4-5,10,12H2,1-2H3,(H,26,29)(H,27,30). The third-order valence-electron chi connectivity index (χ3n) is 4.98. The van der Waals surface area contributed by atoms with E-state index >= 15 is 0 Å². The fourth-order valence-electron chi connectivity index (χ4n) is 3.54. The number of benzene rings is 1. The van der Waals surface area contributed by atoms with E-state index in [0.29, 0.717) is 36.5 Å². The van der Waals surface area contributed by atoms with Crippen molar-refractivity contribution >= 4 is 29.0 Å². The SMILES string of the molecule is COc1ccc(NC(C)=O)c(NC(=O)C2CCCN(c3ncccc3C(F)(F)F)C2)c1. The number of nitrogens with zero attached hydrogens (tertiary/aromatic N) is 2. The van der Waals surface area contributed by atoms with Gasteiger partial charge in [0.2, 0.25) is 11.8 Å². The smallest absolute Gasteiger partial charge is 0.419 e. The lowest BCUT2D eigenvalue weighted by Gasteiger charge is -2.34. The molecule has 0 radical (unpaired) electrons. The van der Waals surface area contributed by atoms with Gasteiger partial charge in [-0.2, -0.15) is 13.2 Å². The van der Waals surface area contributed by atoms with Crippen LogP contribution in [-0.4, -0.2) is 37.0 Å². The van der Waals surface area contributed by atoms with Crippen molar-refractivity contribution in [3.63, 3.8) is 0 Å². The summed E-state index contributed by atoms with van der Waals surface area (Å²) >= 11 is 0. The predicted molar refractivity (Wildman–Crippen MR) is 110 cm³/mol. The maximum absolute atomic E-state index is 13.4. The summed E-state index contributed by atoms with van der Waals surface area (Å²) in [5, 5.41) is 5.41. The van der Waals surface area contributed by atoms with E-state index in [1.54, 1.807) is 18.2 Å². The highest BCUT2D eigenvalue weighted by Gasteiger charge is 2.37. The maximum atomic E-state index is 13.4. The van der Waals surface area contributed by atoms with E-state index in [4.69, 9.17) is 4.74 Å². The van der Waals surface area contributed by atoms with Crippen molar-refractivity contribution in [3.05, 3.63) is 42.1 Å². The van der Waals surface area contributed by atoms with Crippen LogP contribution < -0.4 is 20.3 Å². The molecule has 2 heterocycles. The van der Waals surface area contributed by atoms with Crippen LogP contribution >= 0.6 is 0 Å². The second-order valence-corrected chi connectivity index (χ2v) is 7.24. The number of carbonyl (C=O) groups is 2. The average molecular weight is 436 g/mol. The maximum Gasteiger partial charge on any atom is 0.419 e. The summed E-state index contributed by atoms with van der Waals surface area (Å²) in [7, 11) is 1.48. The molecule has 1 atom stereocenters. The summed E-state index contributed by atoms with van der Waals surface area (Å²) in [6, 6.07) is 7.05. The van der Waals surface area contributed by atoms with Crippen LogP contribution in [0, 0.1) is 5.92 Å². The molecule has 1 aliphatic heterocycles. The molecule has 1 aromatic heterocycles. The molecule has 0 aliphatic carbocycles. The van der Waals surface area contributed by atoms with Crippen LogP contribution in [0.3, 0.4) is 0 Å².